The second-order valence-corrected chi connectivity index (χ2v) is 6.96. The van der Waals surface area contributed by atoms with Gasteiger partial charge in [0.1, 0.15) is 0 Å². The van der Waals surface area contributed by atoms with Gasteiger partial charge >= 0.3 is 5.97 Å². The topological polar surface area (TPSA) is 77.9 Å². The third-order valence-corrected chi connectivity index (χ3v) is 5.02. The Balaban J connectivity index is 1.94. The van der Waals surface area contributed by atoms with Crippen molar-refractivity contribution < 1.29 is 19.5 Å². The van der Waals surface area contributed by atoms with E-state index in [1.165, 1.54) is 16.8 Å². The second kappa shape index (κ2) is 8.54. The highest BCUT2D eigenvalue weighted by molar-refractivity contribution is 6.36. The first kappa shape index (κ1) is 19.5. The molecule has 0 radical (unpaired) electrons. The molecule has 1 N–H and O–H groups in total. The van der Waals surface area contributed by atoms with Gasteiger partial charge in [-0.3, -0.25) is 14.4 Å². The van der Waals surface area contributed by atoms with E-state index in [-0.39, 0.29) is 31.3 Å². The maximum Gasteiger partial charge on any atom is 0.308 e. The summed E-state index contributed by atoms with van der Waals surface area (Å²) >= 11 is 12.1. The number of likely N-dealkylation sites (N-methyl/N-ethyl adjacent to an activating group) is 1. The van der Waals surface area contributed by atoms with Gasteiger partial charge in [-0.2, -0.15) is 0 Å². The zero-order valence-electron chi connectivity index (χ0n) is 13.9. The van der Waals surface area contributed by atoms with Gasteiger partial charge in [-0.1, -0.05) is 29.3 Å². The first-order chi connectivity index (χ1) is 11.8. The maximum absolute atomic E-state index is 12.4. The largest absolute Gasteiger partial charge is 0.481 e. The molecule has 1 aliphatic heterocycles. The summed E-state index contributed by atoms with van der Waals surface area (Å²) in [6.45, 7) is 0.598. The van der Waals surface area contributed by atoms with Crippen LogP contribution in [0.15, 0.2) is 18.2 Å². The van der Waals surface area contributed by atoms with Gasteiger partial charge in [0.2, 0.25) is 11.8 Å². The Hall–Kier alpha value is -1.79. The molecule has 1 aliphatic rings. The number of hydrogen-bond donors (Lipinski definition) is 1. The molecule has 136 valence electrons. The average molecular weight is 387 g/mol. The average Bonchev–Trinajstić information content (AvgIpc) is 2.58. The lowest BCUT2D eigenvalue weighted by Gasteiger charge is -2.32. The van der Waals surface area contributed by atoms with Crippen molar-refractivity contribution in [3.63, 3.8) is 0 Å². The Morgan fingerprint density at radius 3 is 2.52 bits per heavy atom. The summed E-state index contributed by atoms with van der Waals surface area (Å²) in [4.78, 5) is 38.6. The van der Waals surface area contributed by atoms with Gasteiger partial charge in [0.25, 0.3) is 0 Å². The number of hydrogen-bond acceptors (Lipinski definition) is 3. The Bertz CT molecular complexity index is 660. The van der Waals surface area contributed by atoms with Gasteiger partial charge in [-0.15, -0.1) is 0 Å². The first-order valence-corrected chi connectivity index (χ1v) is 8.72. The van der Waals surface area contributed by atoms with Crippen molar-refractivity contribution in [3.05, 3.63) is 33.8 Å². The van der Waals surface area contributed by atoms with Crippen molar-refractivity contribution in [2.24, 2.45) is 5.92 Å². The number of nitrogens with zero attached hydrogens (tertiary/aromatic N) is 2. The number of carbonyl (C=O) groups is 3. The number of halogens is 2. The molecular formula is C17H20Cl2N2O4. The van der Waals surface area contributed by atoms with E-state index in [0.717, 1.165) is 0 Å². The Morgan fingerprint density at radius 2 is 1.92 bits per heavy atom. The van der Waals surface area contributed by atoms with Gasteiger partial charge in [0.15, 0.2) is 0 Å². The summed E-state index contributed by atoms with van der Waals surface area (Å²) in [5.74, 6) is -1.97. The Kier molecular flexibility index (Phi) is 6.67. The summed E-state index contributed by atoms with van der Waals surface area (Å²) < 4.78 is 0. The fraction of sp³-hybridized carbons (Fsp3) is 0.471. The zero-order valence-corrected chi connectivity index (χ0v) is 15.4. The molecule has 1 saturated heterocycles. The molecule has 6 nitrogen and oxygen atoms in total. The van der Waals surface area contributed by atoms with Crippen LogP contribution in [0.3, 0.4) is 0 Å². The molecule has 1 aromatic carbocycles. The predicted molar refractivity (Wildman–Crippen MR) is 94.7 cm³/mol. The first-order valence-electron chi connectivity index (χ1n) is 7.97. The van der Waals surface area contributed by atoms with Crippen LogP contribution in [0, 0.1) is 5.92 Å². The monoisotopic (exact) mass is 386 g/mol. The van der Waals surface area contributed by atoms with E-state index in [2.05, 4.69) is 0 Å². The predicted octanol–water partition coefficient (Wildman–Crippen LogP) is 2.32. The minimum Gasteiger partial charge on any atom is -0.481 e. The highest BCUT2D eigenvalue weighted by Gasteiger charge is 2.29. The molecule has 2 amide bonds. The summed E-state index contributed by atoms with van der Waals surface area (Å²) in [7, 11) is 1.53. The fourth-order valence-corrected chi connectivity index (χ4v) is 3.31. The van der Waals surface area contributed by atoms with E-state index in [9.17, 15) is 14.4 Å². The number of benzene rings is 1. The standard InChI is InChI=1S/C17H20Cl2N2O4/c1-20(15(22)8-12-13(18)5-2-6-14(12)19)10-16(23)21-7-3-4-11(9-21)17(24)25/h2,5-6,11H,3-4,7-10H2,1H3,(H,24,25). The van der Waals surface area contributed by atoms with Gasteiger partial charge in [-0.25, -0.2) is 0 Å². The van der Waals surface area contributed by atoms with E-state index in [0.29, 0.717) is 35.0 Å². The van der Waals surface area contributed by atoms with Gasteiger partial charge < -0.3 is 14.9 Å². The third-order valence-electron chi connectivity index (χ3n) is 4.31. The van der Waals surface area contributed by atoms with Crippen LogP contribution in [-0.2, 0) is 20.8 Å². The van der Waals surface area contributed by atoms with Crippen LogP contribution in [0.2, 0.25) is 10.0 Å². The molecule has 1 fully saturated rings. The van der Waals surface area contributed by atoms with Crippen molar-refractivity contribution in [1.29, 1.82) is 0 Å². The molecule has 1 atom stereocenters. The van der Waals surface area contributed by atoms with Crippen LogP contribution in [0.5, 0.6) is 0 Å². The Labute approximate surface area is 156 Å². The van der Waals surface area contributed by atoms with E-state index in [4.69, 9.17) is 28.3 Å². The summed E-state index contributed by atoms with van der Waals surface area (Å²) in [6.07, 6.45) is 1.22. The van der Waals surface area contributed by atoms with E-state index in [1.807, 2.05) is 0 Å². The molecule has 0 spiro atoms. The van der Waals surface area contributed by atoms with Gasteiger partial charge in [0, 0.05) is 30.2 Å². The van der Waals surface area contributed by atoms with Crippen LogP contribution < -0.4 is 0 Å². The number of aliphatic carboxylic acids is 1. The summed E-state index contributed by atoms with van der Waals surface area (Å²) in [5.41, 5.74) is 0.527. The molecule has 1 aromatic rings. The van der Waals surface area contributed by atoms with Crippen LogP contribution in [0.25, 0.3) is 0 Å². The third kappa shape index (κ3) is 5.09. The maximum atomic E-state index is 12.4. The zero-order chi connectivity index (χ0) is 18.6. The normalized spacial score (nSPS) is 17.2. The van der Waals surface area contributed by atoms with E-state index in [1.54, 1.807) is 18.2 Å². The van der Waals surface area contributed by atoms with E-state index >= 15 is 0 Å². The number of carboxylic acid groups (broad SMARTS) is 1. The molecule has 1 heterocycles. The number of rotatable bonds is 5. The van der Waals surface area contributed by atoms with Gasteiger partial charge in [0.05, 0.1) is 18.9 Å². The molecule has 0 aromatic heterocycles. The summed E-state index contributed by atoms with van der Waals surface area (Å²) in [6, 6.07) is 5.00. The van der Waals surface area contributed by atoms with Crippen molar-refractivity contribution in [2.45, 2.75) is 19.3 Å². The van der Waals surface area contributed by atoms with Crippen molar-refractivity contribution in [1.82, 2.24) is 9.80 Å². The molecule has 0 saturated carbocycles. The number of carbonyl (C=O) groups excluding carboxylic acids is 2. The van der Waals surface area contributed by atoms with Crippen LogP contribution >= 0.6 is 23.2 Å². The summed E-state index contributed by atoms with van der Waals surface area (Å²) in [5, 5.41) is 9.90. The van der Waals surface area contributed by atoms with Crippen LogP contribution in [-0.4, -0.2) is 59.4 Å². The fourth-order valence-electron chi connectivity index (χ4n) is 2.78. The number of piperidine rings is 1. The van der Waals surface area contributed by atoms with Crippen LogP contribution in [0.1, 0.15) is 18.4 Å². The van der Waals surface area contributed by atoms with Crippen molar-refractivity contribution in [3.8, 4) is 0 Å². The smallest absolute Gasteiger partial charge is 0.308 e. The molecule has 0 bridgehead atoms. The van der Waals surface area contributed by atoms with Crippen molar-refractivity contribution in [2.75, 3.05) is 26.7 Å². The molecule has 25 heavy (non-hydrogen) atoms. The number of carboxylic acids is 1. The SMILES string of the molecule is CN(CC(=O)N1CCCC(C(=O)O)C1)C(=O)Cc1c(Cl)cccc1Cl. The lowest BCUT2D eigenvalue weighted by atomic mass is 9.98. The van der Waals surface area contributed by atoms with Crippen LogP contribution in [0.4, 0.5) is 0 Å². The minimum absolute atomic E-state index is 0.0000373. The quantitative estimate of drug-likeness (QED) is 0.841. The van der Waals surface area contributed by atoms with E-state index < -0.39 is 11.9 Å². The van der Waals surface area contributed by atoms with Gasteiger partial charge in [-0.05, 0) is 30.5 Å². The lowest BCUT2D eigenvalue weighted by Crippen LogP contribution is -2.47. The molecular weight excluding hydrogens is 367 g/mol. The lowest BCUT2D eigenvalue weighted by molar-refractivity contribution is -0.147. The highest BCUT2D eigenvalue weighted by atomic mass is 35.5. The Morgan fingerprint density at radius 1 is 1.28 bits per heavy atom. The number of amides is 2. The minimum atomic E-state index is -0.893. The molecule has 2 rings (SSSR count). The van der Waals surface area contributed by atoms with Crippen molar-refractivity contribution >= 4 is 41.0 Å². The highest BCUT2D eigenvalue weighted by Crippen LogP contribution is 2.25. The second-order valence-electron chi connectivity index (χ2n) is 6.14. The molecule has 1 unspecified atom stereocenters. The molecule has 0 aliphatic carbocycles. The number of likely N-dealkylation sites (tertiary alicyclic amines) is 1. The molecule has 8 heteroatoms.